The Bertz CT molecular complexity index is 1450. The van der Waals surface area contributed by atoms with Crippen LogP contribution >= 0.6 is 0 Å². The Hall–Kier alpha value is -4.56. The lowest BCUT2D eigenvalue weighted by Crippen LogP contribution is -2.28. The topological polar surface area (TPSA) is 83.5 Å². The maximum Gasteiger partial charge on any atom is 0.339 e. The van der Waals surface area contributed by atoms with E-state index in [-0.39, 0.29) is 19.2 Å². The molecule has 0 aromatic heterocycles. The van der Waals surface area contributed by atoms with E-state index < -0.39 is 5.97 Å². The molecule has 0 aliphatic heterocycles. The summed E-state index contributed by atoms with van der Waals surface area (Å²) in [7, 11) is 6.46. The Kier molecular flexibility index (Phi) is 9.59. The number of likely N-dealkylation sites (N-methyl/N-ethyl adjacent to an activating group) is 1. The molecule has 0 spiro atoms. The largest absolute Gasteiger partial charge is 0.493 e. The summed E-state index contributed by atoms with van der Waals surface area (Å²) in [4.78, 5) is 27.3. The lowest BCUT2D eigenvalue weighted by Gasteiger charge is -2.17. The van der Waals surface area contributed by atoms with E-state index in [4.69, 9.17) is 23.7 Å². The quantitative estimate of drug-likeness (QED) is 0.134. The number of ether oxygens (including phenoxy) is 5. The van der Waals surface area contributed by atoms with Crippen molar-refractivity contribution >= 4 is 39.6 Å². The van der Waals surface area contributed by atoms with Crippen LogP contribution in [0.5, 0.6) is 17.2 Å². The summed E-state index contributed by atoms with van der Waals surface area (Å²) < 4.78 is 27.0. The molecule has 4 rings (SSSR count). The van der Waals surface area contributed by atoms with Gasteiger partial charge in [0.25, 0.3) is 0 Å². The third-order valence-electron chi connectivity index (χ3n) is 6.50. The molecule has 0 N–H and O–H groups in total. The first kappa shape index (κ1) is 28.4. The average molecular weight is 544 g/mol. The van der Waals surface area contributed by atoms with Crippen molar-refractivity contribution in [1.82, 2.24) is 4.90 Å². The van der Waals surface area contributed by atoms with E-state index in [1.165, 1.54) is 27.4 Å². The summed E-state index contributed by atoms with van der Waals surface area (Å²) in [5, 5.41) is 3.72. The van der Waals surface area contributed by atoms with Crippen LogP contribution in [0.15, 0.2) is 72.8 Å². The molecule has 0 aliphatic carbocycles. The summed E-state index contributed by atoms with van der Waals surface area (Å²) in [6, 6.07) is 21.2. The number of benzene rings is 4. The Balaban J connectivity index is 1.26. The first-order valence-electron chi connectivity index (χ1n) is 12.9. The summed E-state index contributed by atoms with van der Waals surface area (Å²) in [6.07, 6.45) is 2.96. The van der Waals surface area contributed by atoms with Crippen LogP contribution in [0, 0.1) is 0 Å². The monoisotopic (exact) mass is 543 g/mol. The van der Waals surface area contributed by atoms with Gasteiger partial charge in [0.05, 0.1) is 26.9 Å². The summed E-state index contributed by atoms with van der Waals surface area (Å²) in [5.41, 5.74) is 1.27. The van der Waals surface area contributed by atoms with E-state index in [1.54, 1.807) is 18.2 Å². The molecule has 0 radical (unpaired) electrons. The van der Waals surface area contributed by atoms with Crippen LogP contribution < -0.4 is 14.2 Å². The summed E-state index contributed by atoms with van der Waals surface area (Å²) in [5.74, 6) is 0.627. The zero-order valence-corrected chi connectivity index (χ0v) is 23.1. The van der Waals surface area contributed by atoms with Gasteiger partial charge in [-0.25, -0.2) is 9.59 Å². The van der Waals surface area contributed by atoms with Crippen LogP contribution in [0.4, 0.5) is 0 Å². The maximum atomic E-state index is 13.1. The zero-order chi connectivity index (χ0) is 28.5. The first-order chi connectivity index (χ1) is 19.4. The lowest BCUT2D eigenvalue weighted by atomic mass is 9.97. The van der Waals surface area contributed by atoms with Crippen molar-refractivity contribution in [3.63, 3.8) is 0 Å². The number of nitrogens with zero attached hydrogens (tertiary/aromatic N) is 1. The molecule has 0 unspecified atom stereocenters. The normalized spacial score (nSPS) is 11.2. The molecule has 0 fully saturated rings. The Morgan fingerprint density at radius 1 is 0.750 bits per heavy atom. The number of methoxy groups -OCH3 is 3. The van der Waals surface area contributed by atoms with Gasteiger partial charge in [0.2, 0.25) is 5.75 Å². The highest BCUT2D eigenvalue weighted by Gasteiger charge is 2.16. The maximum absolute atomic E-state index is 13.1. The zero-order valence-electron chi connectivity index (χ0n) is 23.1. The standard InChI is InChI=1S/C32H33NO7/c1-33(15-17-39-29(34)14-13-22-19-27(36-2)31(38-4)28(20-22)37-3)16-18-40-32(35)30-25-11-7-5-9-23(25)21-24-10-6-8-12-26(24)30/h5-14,19-21H,15-18H2,1-4H3/b14-13+. The number of fused-ring (bicyclic) bond motifs is 2. The molecular weight excluding hydrogens is 510 g/mol. The fourth-order valence-electron chi connectivity index (χ4n) is 4.42. The Labute approximate surface area is 233 Å². The highest BCUT2D eigenvalue weighted by molar-refractivity contribution is 6.16. The molecule has 4 aromatic carbocycles. The predicted molar refractivity (Wildman–Crippen MR) is 155 cm³/mol. The molecule has 0 saturated carbocycles. The molecule has 0 bridgehead atoms. The molecule has 0 heterocycles. The van der Waals surface area contributed by atoms with E-state index in [0.29, 0.717) is 41.5 Å². The molecule has 4 aromatic rings. The van der Waals surface area contributed by atoms with Crippen molar-refractivity contribution < 1.29 is 33.3 Å². The van der Waals surface area contributed by atoms with Gasteiger partial charge in [-0.1, -0.05) is 48.5 Å². The van der Waals surface area contributed by atoms with Crippen LogP contribution in [-0.4, -0.2) is 71.5 Å². The number of esters is 2. The van der Waals surface area contributed by atoms with Gasteiger partial charge in [0.1, 0.15) is 13.2 Å². The second kappa shape index (κ2) is 13.5. The molecule has 0 amide bonds. The van der Waals surface area contributed by atoms with Gasteiger partial charge in [-0.2, -0.15) is 0 Å². The Morgan fingerprint density at radius 2 is 1.30 bits per heavy atom. The van der Waals surface area contributed by atoms with Gasteiger partial charge in [-0.3, -0.25) is 4.90 Å². The van der Waals surface area contributed by atoms with E-state index in [0.717, 1.165) is 21.5 Å². The molecule has 0 saturated heterocycles. The number of hydrogen-bond donors (Lipinski definition) is 0. The van der Waals surface area contributed by atoms with E-state index in [2.05, 4.69) is 6.07 Å². The average Bonchev–Trinajstić information content (AvgIpc) is 2.97. The molecule has 40 heavy (non-hydrogen) atoms. The predicted octanol–water partition coefficient (Wildman–Crippen LogP) is 5.36. The SMILES string of the molecule is COc1cc(/C=C/C(=O)OCCN(C)CCOC(=O)c2c3ccccc3cc3ccccc23)cc(OC)c1OC. The third kappa shape index (κ3) is 6.71. The van der Waals surface area contributed by atoms with E-state index in [1.807, 2.05) is 60.5 Å². The molecular formula is C32H33NO7. The van der Waals surface area contributed by atoms with Crippen LogP contribution in [-0.2, 0) is 14.3 Å². The van der Waals surface area contributed by atoms with Crippen molar-refractivity contribution in [2.45, 2.75) is 0 Å². The molecule has 8 heteroatoms. The smallest absolute Gasteiger partial charge is 0.339 e. The van der Waals surface area contributed by atoms with Crippen molar-refractivity contribution in [3.8, 4) is 17.2 Å². The number of rotatable bonds is 12. The van der Waals surface area contributed by atoms with Crippen molar-refractivity contribution in [2.24, 2.45) is 0 Å². The van der Waals surface area contributed by atoms with Gasteiger partial charge in [0, 0.05) is 19.2 Å². The Morgan fingerprint density at radius 3 is 1.85 bits per heavy atom. The van der Waals surface area contributed by atoms with Crippen molar-refractivity contribution in [1.29, 1.82) is 0 Å². The minimum absolute atomic E-state index is 0.191. The number of carbonyl (C=O) groups excluding carboxylic acids is 2. The van der Waals surface area contributed by atoms with Gasteiger partial charge in [-0.15, -0.1) is 0 Å². The van der Waals surface area contributed by atoms with Gasteiger partial charge >= 0.3 is 11.9 Å². The summed E-state index contributed by atoms with van der Waals surface area (Å²) in [6.45, 7) is 1.38. The van der Waals surface area contributed by atoms with Gasteiger partial charge in [-0.05, 0) is 58.4 Å². The molecule has 8 nitrogen and oxygen atoms in total. The minimum atomic E-state index is -0.476. The van der Waals surface area contributed by atoms with E-state index in [9.17, 15) is 9.59 Å². The van der Waals surface area contributed by atoms with Crippen LogP contribution in [0.1, 0.15) is 15.9 Å². The minimum Gasteiger partial charge on any atom is -0.493 e. The lowest BCUT2D eigenvalue weighted by molar-refractivity contribution is -0.138. The fourth-order valence-corrected chi connectivity index (χ4v) is 4.42. The highest BCUT2D eigenvalue weighted by atomic mass is 16.5. The first-order valence-corrected chi connectivity index (χ1v) is 12.9. The van der Waals surface area contributed by atoms with Crippen molar-refractivity contribution in [2.75, 3.05) is 54.7 Å². The van der Waals surface area contributed by atoms with Crippen molar-refractivity contribution in [3.05, 3.63) is 83.9 Å². The number of hydrogen-bond acceptors (Lipinski definition) is 8. The van der Waals surface area contributed by atoms with Crippen LogP contribution in [0.2, 0.25) is 0 Å². The third-order valence-corrected chi connectivity index (χ3v) is 6.50. The van der Waals surface area contributed by atoms with Gasteiger partial charge < -0.3 is 23.7 Å². The highest BCUT2D eigenvalue weighted by Crippen LogP contribution is 2.38. The van der Waals surface area contributed by atoms with Crippen LogP contribution in [0.3, 0.4) is 0 Å². The fraction of sp³-hybridized carbons (Fsp3) is 0.250. The van der Waals surface area contributed by atoms with Crippen LogP contribution in [0.25, 0.3) is 27.6 Å². The second-order valence-corrected chi connectivity index (χ2v) is 9.09. The van der Waals surface area contributed by atoms with Gasteiger partial charge in [0.15, 0.2) is 11.5 Å². The number of carbonyl (C=O) groups is 2. The summed E-state index contributed by atoms with van der Waals surface area (Å²) >= 11 is 0. The molecule has 0 aliphatic rings. The molecule has 208 valence electrons. The molecule has 0 atom stereocenters. The second-order valence-electron chi connectivity index (χ2n) is 9.09. The van der Waals surface area contributed by atoms with E-state index >= 15 is 0 Å².